The Bertz CT molecular complexity index is 1260. The predicted molar refractivity (Wildman–Crippen MR) is 162 cm³/mol. The summed E-state index contributed by atoms with van der Waals surface area (Å²) in [6, 6.07) is 19.0. The molecule has 4 atom stereocenters. The molecule has 0 saturated carbocycles. The topological polar surface area (TPSA) is 68.2 Å². The van der Waals surface area contributed by atoms with Crippen LogP contribution in [0.3, 0.4) is 0 Å². The molecule has 5 rings (SSSR count). The van der Waals surface area contributed by atoms with Gasteiger partial charge in [-0.3, -0.25) is 0 Å². The number of rotatable bonds is 7. The summed E-state index contributed by atoms with van der Waals surface area (Å²) in [6.07, 6.45) is 3.18. The van der Waals surface area contributed by atoms with Crippen LogP contribution in [0.15, 0.2) is 73.3 Å². The lowest BCUT2D eigenvalue weighted by Crippen LogP contribution is -2.37. The van der Waals surface area contributed by atoms with Crippen molar-refractivity contribution in [2.45, 2.75) is 84.2 Å². The third-order valence-corrected chi connectivity index (χ3v) is 7.14. The first kappa shape index (κ1) is 32.3. The molecular formula is C35H45FO5. The summed E-state index contributed by atoms with van der Waals surface area (Å²) in [5, 5.41) is 19.7. The Kier molecular flexibility index (Phi) is 11.9. The Morgan fingerprint density at radius 2 is 1.78 bits per heavy atom. The van der Waals surface area contributed by atoms with Gasteiger partial charge in [-0.25, -0.2) is 4.39 Å². The van der Waals surface area contributed by atoms with E-state index in [0.29, 0.717) is 31.6 Å². The van der Waals surface area contributed by atoms with E-state index in [1.165, 1.54) is 23.3 Å². The summed E-state index contributed by atoms with van der Waals surface area (Å²) in [6.45, 7) is 13.6. The van der Waals surface area contributed by atoms with Crippen molar-refractivity contribution in [3.63, 3.8) is 0 Å². The number of hydrogen-bond acceptors (Lipinski definition) is 5. The minimum Gasteiger partial charge on any atom is -0.489 e. The van der Waals surface area contributed by atoms with Crippen LogP contribution in [0.4, 0.5) is 4.39 Å². The van der Waals surface area contributed by atoms with Gasteiger partial charge in [0.15, 0.2) is 0 Å². The molecule has 2 N–H and O–H groups in total. The van der Waals surface area contributed by atoms with Crippen molar-refractivity contribution in [3.8, 4) is 11.5 Å². The second-order valence-electron chi connectivity index (χ2n) is 10.7. The van der Waals surface area contributed by atoms with Crippen molar-refractivity contribution < 1.29 is 28.8 Å². The summed E-state index contributed by atoms with van der Waals surface area (Å²) in [7, 11) is 0. The van der Waals surface area contributed by atoms with E-state index < -0.39 is 11.7 Å². The highest BCUT2D eigenvalue weighted by molar-refractivity contribution is 5.40. The molecule has 0 aliphatic carbocycles. The molecule has 2 aliphatic heterocycles. The van der Waals surface area contributed by atoms with Gasteiger partial charge in [0, 0.05) is 25.3 Å². The second kappa shape index (κ2) is 15.2. The molecule has 0 spiro atoms. The van der Waals surface area contributed by atoms with Crippen molar-refractivity contribution in [3.05, 3.63) is 107 Å². The van der Waals surface area contributed by atoms with E-state index >= 15 is 0 Å². The lowest BCUT2D eigenvalue weighted by Gasteiger charge is -2.32. The third-order valence-electron chi connectivity index (χ3n) is 7.14. The molecular weight excluding hydrogens is 519 g/mol. The van der Waals surface area contributed by atoms with E-state index in [2.05, 4.69) is 37.8 Å². The molecule has 6 heteroatoms. The number of aliphatic hydroxyl groups is 2. The maximum Gasteiger partial charge on any atom is 0.144 e. The molecule has 5 nitrogen and oxygen atoms in total. The molecule has 1 saturated heterocycles. The van der Waals surface area contributed by atoms with Crippen LogP contribution in [0.1, 0.15) is 74.5 Å². The molecule has 2 aliphatic rings. The van der Waals surface area contributed by atoms with Crippen LogP contribution in [0.5, 0.6) is 11.5 Å². The zero-order valence-corrected chi connectivity index (χ0v) is 25.0. The van der Waals surface area contributed by atoms with E-state index in [4.69, 9.17) is 14.2 Å². The van der Waals surface area contributed by atoms with Gasteiger partial charge in [0.05, 0.1) is 24.9 Å². The molecule has 3 aromatic carbocycles. The Balaban J connectivity index is 0.000000868. The van der Waals surface area contributed by atoms with Crippen LogP contribution in [0.2, 0.25) is 0 Å². The summed E-state index contributed by atoms with van der Waals surface area (Å²) in [4.78, 5) is 0. The monoisotopic (exact) mass is 564 g/mol. The smallest absolute Gasteiger partial charge is 0.144 e. The van der Waals surface area contributed by atoms with Gasteiger partial charge in [-0.2, -0.15) is 0 Å². The molecule has 0 aromatic heterocycles. The van der Waals surface area contributed by atoms with Gasteiger partial charge in [0.2, 0.25) is 0 Å². The average Bonchev–Trinajstić information content (AvgIpc) is 3.30. The molecule has 0 amide bonds. The minimum atomic E-state index is -0.532. The molecule has 41 heavy (non-hydrogen) atoms. The van der Waals surface area contributed by atoms with Crippen LogP contribution >= 0.6 is 0 Å². The van der Waals surface area contributed by atoms with E-state index in [9.17, 15) is 14.6 Å². The molecule has 0 radical (unpaired) electrons. The SMILES string of the molecule is C=CC.CC.Cc1ccc(C2CC(O)CC(CO)O2)cc1Cc1ccc(OCC2(C)Cc3ccc(F)cc3O2)cc1. The van der Waals surface area contributed by atoms with Crippen LogP contribution in [0.25, 0.3) is 0 Å². The van der Waals surface area contributed by atoms with Gasteiger partial charge in [-0.15, -0.1) is 6.58 Å². The number of halogens is 1. The first-order valence-corrected chi connectivity index (χ1v) is 14.5. The van der Waals surface area contributed by atoms with Gasteiger partial charge in [-0.1, -0.05) is 56.3 Å². The Hall–Kier alpha value is -3.19. The van der Waals surface area contributed by atoms with E-state index in [0.717, 1.165) is 28.9 Å². The van der Waals surface area contributed by atoms with Gasteiger partial charge in [-0.05, 0) is 73.2 Å². The fourth-order valence-electron chi connectivity index (χ4n) is 5.12. The van der Waals surface area contributed by atoms with Crippen molar-refractivity contribution >= 4 is 0 Å². The second-order valence-corrected chi connectivity index (χ2v) is 10.7. The molecule has 222 valence electrons. The zero-order valence-electron chi connectivity index (χ0n) is 25.0. The minimum absolute atomic E-state index is 0.0859. The zero-order chi connectivity index (χ0) is 30.0. The lowest BCUT2D eigenvalue weighted by atomic mass is 9.92. The van der Waals surface area contributed by atoms with E-state index in [1.807, 2.05) is 45.9 Å². The molecule has 4 unspecified atom stereocenters. The molecule has 0 bridgehead atoms. The Morgan fingerprint density at radius 1 is 1.07 bits per heavy atom. The van der Waals surface area contributed by atoms with Crippen molar-refractivity contribution in [2.75, 3.05) is 13.2 Å². The first-order chi connectivity index (χ1) is 19.7. The quantitative estimate of drug-likeness (QED) is 0.295. The average molecular weight is 565 g/mol. The van der Waals surface area contributed by atoms with E-state index in [1.54, 1.807) is 12.1 Å². The third kappa shape index (κ3) is 8.90. The summed E-state index contributed by atoms with van der Waals surface area (Å²) in [5.41, 5.74) is 5.04. The Morgan fingerprint density at radius 3 is 2.46 bits per heavy atom. The van der Waals surface area contributed by atoms with Crippen molar-refractivity contribution in [1.82, 2.24) is 0 Å². The predicted octanol–water partition coefficient (Wildman–Crippen LogP) is 7.29. The van der Waals surface area contributed by atoms with Crippen LogP contribution in [0, 0.1) is 12.7 Å². The maximum atomic E-state index is 13.5. The van der Waals surface area contributed by atoms with Gasteiger partial charge in [0.25, 0.3) is 0 Å². The highest BCUT2D eigenvalue weighted by atomic mass is 19.1. The lowest BCUT2D eigenvalue weighted by molar-refractivity contribution is -0.113. The summed E-state index contributed by atoms with van der Waals surface area (Å²) >= 11 is 0. The summed E-state index contributed by atoms with van der Waals surface area (Å²) in [5.74, 6) is 1.05. The number of hydrogen-bond donors (Lipinski definition) is 2. The summed E-state index contributed by atoms with van der Waals surface area (Å²) < 4.78 is 31.5. The number of allylic oxidation sites excluding steroid dienone is 1. The number of aliphatic hydroxyl groups excluding tert-OH is 2. The maximum absolute atomic E-state index is 13.5. The van der Waals surface area contributed by atoms with Crippen molar-refractivity contribution in [2.24, 2.45) is 0 Å². The largest absolute Gasteiger partial charge is 0.489 e. The fourth-order valence-corrected chi connectivity index (χ4v) is 5.12. The van der Waals surface area contributed by atoms with Gasteiger partial charge >= 0.3 is 0 Å². The standard InChI is InChI=1S/C30H33FO5.C3H6.C2H6/c1-19-3-6-21(28-15-25(33)14-27(17-32)35-28)12-23(19)11-20-4-9-26(10-5-20)34-18-30(2)16-22-7-8-24(31)13-29(22)36-30;1-3-2;1-2/h3-10,12-13,25,27-28,32-33H,11,14-18H2,1-2H3;3H,1H2,2H3;1-2H3. The first-order valence-electron chi connectivity index (χ1n) is 14.5. The van der Waals surface area contributed by atoms with Crippen LogP contribution in [-0.2, 0) is 17.6 Å². The Labute approximate surface area is 244 Å². The molecule has 1 fully saturated rings. The highest BCUT2D eigenvalue weighted by Crippen LogP contribution is 2.36. The highest BCUT2D eigenvalue weighted by Gasteiger charge is 2.36. The van der Waals surface area contributed by atoms with Crippen LogP contribution in [-0.4, -0.2) is 41.2 Å². The van der Waals surface area contributed by atoms with Gasteiger partial charge in [0.1, 0.15) is 29.5 Å². The van der Waals surface area contributed by atoms with Gasteiger partial charge < -0.3 is 24.4 Å². The number of ether oxygens (including phenoxy) is 3. The van der Waals surface area contributed by atoms with Crippen molar-refractivity contribution in [1.29, 1.82) is 0 Å². The number of benzene rings is 3. The number of fused-ring (bicyclic) bond motifs is 1. The van der Waals surface area contributed by atoms with E-state index in [-0.39, 0.29) is 24.6 Å². The molecule has 3 aromatic rings. The van der Waals surface area contributed by atoms with Crippen LogP contribution < -0.4 is 9.47 Å². The normalized spacial score (nSPS) is 22.7. The number of aryl methyl sites for hydroxylation is 1. The molecule has 2 heterocycles. The fraction of sp³-hybridized carbons (Fsp3) is 0.429.